The Morgan fingerprint density at radius 1 is 0.914 bits per heavy atom. The van der Waals surface area contributed by atoms with Crippen LogP contribution < -0.4 is 0 Å². The highest BCUT2D eigenvalue weighted by Gasteiger charge is 2.83. The molecule has 1 heterocycles. The van der Waals surface area contributed by atoms with Crippen LogP contribution in [0.25, 0.3) is 0 Å². The SMILES string of the molecule is CC1(C)CC[C@@]23CC[C@]4(C)[C@@](OC2=O)([C@@H]3C1)[C@@H](Br)C[C@@H]1[C@@]2(C)CC/C(=N\O)C(C)(C)[C@@H]2CC[C@]14C. The van der Waals surface area contributed by atoms with E-state index < -0.39 is 5.60 Å². The predicted molar refractivity (Wildman–Crippen MR) is 142 cm³/mol. The normalized spacial score (nSPS) is 56.9. The molecule has 6 rings (SSSR count). The first kappa shape index (κ1) is 24.7. The minimum atomic E-state index is -0.406. The van der Waals surface area contributed by atoms with Gasteiger partial charge in [-0.2, -0.15) is 0 Å². The van der Waals surface area contributed by atoms with Crippen LogP contribution in [0.3, 0.4) is 0 Å². The number of fused-ring (bicyclic) bond motifs is 4. The molecule has 0 amide bonds. The molecule has 9 atom stereocenters. The maximum Gasteiger partial charge on any atom is 0.313 e. The standard InChI is InChI=1S/C30H46BrNO3/c1-24(2)12-14-29-15-13-28(7)27(6)11-8-18-25(3,4)22(32-34)9-10-26(18,5)19(27)16-21(31)30(28,20(29)17-24)35-23(29)33/h18-21,34H,8-17H2,1-7H3/b32-22+/t18-,19+,20+,21-,26-,27+,28-,29-,30+/m0/s1. The average molecular weight is 549 g/mol. The molecule has 0 aromatic rings. The highest BCUT2D eigenvalue weighted by Crippen LogP contribution is 2.81. The Hall–Kier alpha value is -0.580. The van der Waals surface area contributed by atoms with Crippen LogP contribution in [0, 0.1) is 50.2 Å². The second-order valence-corrected chi connectivity index (χ2v) is 16.7. The van der Waals surface area contributed by atoms with Gasteiger partial charge in [0.25, 0.3) is 0 Å². The number of esters is 1. The summed E-state index contributed by atoms with van der Waals surface area (Å²) in [7, 11) is 0. The molecule has 1 N–H and O–H groups in total. The molecular formula is C30H46BrNO3. The molecule has 2 bridgehead atoms. The van der Waals surface area contributed by atoms with Crippen LogP contribution in [0.5, 0.6) is 0 Å². The molecule has 6 aliphatic rings. The Morgan fingerprint density at radius 3 is 2.29 bits per heavy atom. The van der Waals surface area contributed by atoms with Crippen molar-refractivity contribution in [3.8, 4) is 0 Å². The van der Waals surface area contributed by atoms with E-state index in [9.17, 15) is 10.0 Å². The highest BCUT2D eigenvalue weighted by atomic mass is 79.9. The van der Waals surface area contributed by atoms with Crippen molar-refractivity contribution in [2.75, 3.05) is 0 Å². The third-order valence-corrected chi connectivity index (χ3v) is 15.0. The fourth-order valence-corrected chi connectivity index (χ4v) is 13.1. The zero-order valence-corrected chi connectivity index (χ0v) is 24.6. The Morgan fingerprint density at radius 2 is 1.60 bits per heavy atom. The van der Waals surface area contributed by atoms with Gasteiger partial charge in [-0.05, 0) is 92.3 Å². The van der Waals surface area contributed by atoms with Crippen molar-refractivity contribution < 1.29 is 14.7 Å². The van der Waals surface area contributed by atoms with Crippen LogP contribution in [-0.4, -0.2) is 27.3 Å². The van der Waals surface area contributed by atoms with Crippen molar-refractivity contribution in [1.82, 2.24) is 0 Å². The van der Waals surface area contributed by atoms with Crippen LogP contribution in [0.4, 0.5) is 0 Å². The van der Waals surface area contributed by atoms with E-state index in [-0.39, 0.29) is 43.3 Å². The first-order chi connectivity index (χ1) is 16.1. The summed E-state index contributed by atoms with van der Waals surface area (Å²) in [6, 6.07) is 0. The van der Waals surface area contributed by atoms with Gasteiger partial charge in [0.15, 0.2) is 0 Å². The van der Waals surface area contributed by atoms with E-state index in [1.165, 1.54) is 6.42 Å². The number of halogens is 1. The lowest BCUT2D eigenvalue weighted by molar-refractivity contribution is -0.272. The Labute approximate surface area is 220 Å². The summed E-state index contributed by atoms with van der Waals surface area (Å²) in [5.74, 6) is 1.49. The predicted octanol–water partition coefficient (Wildman–Crippen LogP) is 7.75. The minimum Gasteiger partial charge on any atom is -0.457 e. The van der Waals surface area contributed by atoms with Gasteiger partial charge >= 0.3 is 5.97 Å². The van der Waals surface area contributed by atoms with Crippen LogP contribution >= 0.6 is 15.9 Å². The van der Waals surface area contributed by atoms with Crippen molar-refractivity contribution >= 4 is 27.6 Å². The zero-order valence-electron chi connectivity index (χ0n) is 23.0. The van der Waals surface area contributed by atoms with Gasteiger partial charge in [-0.25, -0.2) is 0 Å². The Kier molecular flexibility index (Phi) is 4.87. The zero-order chi connectivity index (χ0) is 25.4. The molecule has 4 nitrogen and oxygen atoms in total. The van der Waals surface area contributed by atoms with Crippen molar-refractivity contribution in [1.29, 1.82) is 0 Å². The number of hydrogen-bond acceptors (Lipinski definition) is 4. The maximum absolute atomic E-state index is 13.8. The number of carbonyl (C=O) groups is 1. The first-order valence-corrected chi connectivity index (χ1v) is 15.2. The molecular weight excluding hydrogens is 502 g/mol. The molecule has 1 saturated heterocycles. The van der Waals surface area contributed by atoms with Crippen molar-refractivity contribution in [2.24, 2.45) is 55.4 Å². The van der Waals surface area contributed by atoms with E-state index in [1.807, 2.05) is 0 Å². The van der Waals surface area contributed by atoms with Crippen LogP contribution in [0.1, 0.15) is 113 Å². The number of ether oxygens (including phenoxy) is 1. The molecule has 0 unspecified atom stereocenters. The molecule has 196 valence electrons. The fraction of sp³-hybridized carbons (Fsp3) is 0.933. The number of carbonyl (C=O) groups excluding carboxylic acids is 1. The number of hydrogen-bond donors (Lipinski definition) is 1. The van der Waals surface area contributed by atoms with Gasteiger partial charge in [0.1, 0.15) is 5.60 Å². The monoisotopic (exact) mass is 547 g/mol. The summed E-state index contributed by atoms with van der Waals surface area (Å²) in [5, 5.41) is 13.6. The van der Waals surface area contributed by atoms with Gasteiger partial charge < -0.3 is 9.94 Å². The molecule has 5 aliphatic carbocycles. The van der Waals surface area contributed by atoms with E-state index in [2.05, 4.69) is 69.6 Å². The summed E-state index contributed by atoms with van der Waals surface area (Å²) < 4.78 is 6.84. The van der Waals surface area contributed by atoms with Crippen LogP contribution in [0.2, 0.25) is 0 Å². The Bertz CT molecular complexity index is 1010. The third-order valence-electron chi connectivity index (χ3n) is 13.9. The lowest BCUT2D eigenvalue weighted by Gasteiger charge is -2.74. The molecule has 0 radical (unpaired) electrons. The van der Waals surface area contributed by atoms with Gasteiger partial charge in [-0.3, -0.25) is 4.79 Å². The van der Waals surface area contributed by atoms with Crippen molar-refractivity contribution in [2.45, 2.75) is 123 Å². The largest absolute Gasteiger partial charge is 0.457 e. The third kappa shape index (κ3) is 2.56. The number of rotatable bonds is 0. The quantitative estimate of drug-likeness (QED) is 0.146. The topological polar surface area (TPSA) is 58.9 Å². The van der Waals surface area contributed by atoms with Crippen molar-refractivity contribution in [3.05, 3.63) is 0 Å². The maximum atomic E-state index is 13.8. The number of alkyl halides is 1. The highest BCUT2D eigenvalue weighted by molar-refractivity contribution is 9.09. The summed E-state index contributed by atoms with van der Waals surface area (Å²) >= 11 is 4.27. The molecule has 5 saturated carbocycles. The lowest BCUT2D eigenvalue weighted by Crippen LogP contribution is -2.75. The number of oxime groups is 1. The summed E-state index contributed by atoms with van der Waals surface area (Å²) in [6.07, 6.45) is 10.7. The lowest BCUT2D eigenvalue weighted by atomic mass is 9.31. The van der Waals surface area contributed by atoms with E-state index in [4.69, 9.17) is 4.74 Å². The summed E-state index contributed by atoms with van der Waals surface area (Å²) in [4.78, 5) is 14.0. The first-order valence-electron chi connectivity index (χ1n) is 14.2. The molecule has 1 spiro atoms. The molecule has 6 fully saturated rings. The van der Waals surface area contributed by atoms with Gasteiger partial charge in [-0.15, -0.1) is 0 Å². The van der Waals surface area contributed by atoms with Gasteiger partial charge in [0.2, 0.25) is 0 Å². The summed E-state index contributed by atoms with van der Waals surface area (Å²) in [5.41, 5.74) is 0.740. The Balaban J connectivity index is 1.48. The second-order valence-electron chi connectivity index (χ2n) is 15.6. The average Bonchev–Trinajstić information content (AvgIpc) is 2.95. The van der Waals surface area contributed by atoms with E-state index in [1.54, 1.807) is 0 Å². The smallest absolute Gasteiger partial charge is 0.313 e. The van der Waals surface area contributed by atoms with E-state index in [0.717, 1.165) is 63.5 Å². The van der Waals surface area contributed by atoms with Gasteiger partial charge in [0, 0.05) is 16.7 Å². The fourth-order valence-electron chi connectivity index (χ4n) is 11.8. The van der Waals surface area contributed by atoms with E-state index >= 15 is 0 Å². The van der Waals surface area contributed by atoms with Crippen LogP contribution in [0.15, 0.2) is 5.16 Å². The van der Waals surface area contributed by atoms with Gasteiger partial charge in [0.05, 0.1) is 16.0 Å². The molecule has 35 heavy (non-hydrogen) atoms. The molecule has 1 aliphatic heterocycles. The second kappa shape index (κ2) is 6.89. The van der Waals surface area contributed by atoms with Crippen molar-refractivity contribution in [3.63, 3.8) is 0 Å². The molecule has 0 aromatic carbocycles. The number of nitrogens with zero attached hydrogens (tertiary/aromatic N) is 1. The van der Waals surface area contributed by atoms with Crippen LogP contribution in [-0.2, 0) is 9.53 Å². The van der Waals surface area contributed by atoms with Gasteiger partial charge in [-0.1, -0.05) is 69.6 Å². The molecule has 0 aromatic heterocycles. The minimum absolute atomic E-state index is 0.0473. The van der Waals surface area contributed by atoms with E-state index in [0.29, 0.717) is 17.8 Å². The summed E-state index contributed by atoms with van der Waals surface area (Å²) in [6.45, 7) is 17.1. The molecule has 5 heteroatoms.